The molecule has 2 aromatic carbocycles. The molecule has 0 saturated carbocycles. The predicted octanol–water partition coefficient (Wildman–Crippen LogP) is 4.39. The van der Waals surface area contributed by atoms with Gasteiger partial charge in [-0.2, -0.15) is 0 Å². The van der Waals surface area contributed by atoms with Gasteiger partial charge in [0.1, 0.15) is 6.61 Å². The van der Waals surface area contributed by atoms with E-state index in [-0.39, 0.29) is 19.8 Å². The summed E-state index contributed by atoms with van der Waals surface area (Å²) in [6.07, 6.45) is 1.18. The Bertz CT molecular complexity index is 1070. The molecule has 0 radical (unpaired) electrons. The van der Waals surface area contributed by atoms with E-state index in [1.54, 1.807) is 31.2 Å². The summed E-state index contributed by atoms with van der Waals surface area (Å²) >= 11 is 0. The first-order valence-electron chi connectivity index (χ1n) is 11.6. The van der Waals surface area contributed by atoms with Gasteiger partial charge in [-0.25, -0.2) is 9.59 Å². The first-order valence-corrected chi connectivity index (χ1v) is 11.6. The Balaban J connectivity index is 1.82. The second-order valence-corrected chi connectivity index (χ2v) is 9.29. The van der Waals surface area contributed by atoms with Gasteiger partial charge in [-0.3, -0.25) is 0 Å². The van der Waals surface area contributed by atoms with Crippen LogP contribution < -0.4 is 11.1 Å². The summed E-state index contributed by atoms with van der Waals surface area (Å²) in [4.78, 5) is 24.6. The quantitative estimate of drug-likeness (QED) is 0.328. The van der Waals surface area contributed by atoms with Crippen LogP contribution in [0.5, 0.6) is 0 Å². The third-order valence-electron chi connectivity index (χ3n) is 6.14. The van der Waals surface area contributed by atoms with E-state index in [0.29, 0.717) is 22.3 Å². The maximum absolute atomic E-state index is 12.4. The Labute approximate surface area is 206 Å². The molecular formula is C26H33BN2O6. The molecule has 186 valence electrons. The van der Waals surface area contributed by atoms with Gasteiger partial charge in [0.25, 0.3) is 0 Å². The molecule has 0 spiro atoms. The van der Waals surface area contributed by atoms with Crippen LogP contribution in [0.1, 0.15) is 56.1 Å². The molecule has 35 heavy (non-hydrogen) atoms. The molecule has 8 nitrogen and oxygen atoms in total. The molecule has 3 N–H and O–H groups in total. The van der Waals surface area contributed by atoms with Crippen LogP contribution in [-0.2, 0) is 25.4 Å². The van der Waals surface area contributed by atoms with E-state index in [1.165, 1.54) is 0 Å². The van der Waals surface area contributed by atoms with Crippen molar-refractivity contribution in [3.63, 3.8) is 0 Å². The summed E-state index contributed by atoms with van der Waals surface area (Å²) in [6.45, 7) is 10.0. The highest BCUT2D eigenvalue weighted by atomic mass is 16.7. The van der Waals surface area contributed by atoms with Crippen LogP contribution in [0.4, 0.5) is 10.5 Å². The minimum Gasteiger partial charge on any atom is -0.462 e. The van der Waals surface area contributed by atoms with Gasteiger partial charge in [0.15, 0.2) is 0 Å². The van der Waals surface area contributed by atoms with Gasteiger partial charge in [-0.1, -0.05) is 36.4 Å². The number of nitrogens with one attached hydrogen (secondary N) is 1. The van der Waals surface area contributed by atoms with Gasteiger partial charge in [-0.05, 0) is 69.4 Å². The molecule has 9 heteroatoms. The third-order valence-corrected chi connectivity index (χ3v) is 6.14. The summed E-state index contributed by atoms with van der Waals surface area (Å²) in [7, 11) is -0.736. The number of rotatable bonds is 8. The maximum Gasteiger partial charge on any atom is 0.492 e. The van der Waals surface area contributed by atoms with Crippen LogP contribution in [0.15, 0.2) is 54.0 Å². The second kappa shape index (κ2) is 11.0. The number of anilines is 1. The zero-order valence-corrected chi connectivity index (χ0v) is 20.9. The number of carbonyl (C=O) groups is 2. The van der Waals surface area contributed by atoms with Crippen LogP contribution in [-0.4, -0.2) is 43.5 Å². The fraction of sp³-hybridized carbons (Fsp3) is 0.385. The first-order chi connectivity index (χ1) is 16.5. The molecule has 1 fully saturated rings. The molecule has 0 aromatic heterocycles. The molecule has 0 unspecified atom stereocenters. The smallest absolute Gasteiger partial charge is 0.462 e. The van der Waals surface area contributed by atoms with E-state index < -0.39 is 30.4 Å². The highest BCUT2D eigenvalue weighted by molar-refractivity contribution is 6.56. The van der Waals surface area contributed by atoms with E-state index in [4.69, 9.17) is 24.5 Å². The summed E-state index contributed by atoms with van der Waals surface area (Å²) in [5.74, 6) is -0.443. The zero-order valence-electron chi connectivity index (χ0n) is 20.9. The van der Waals surface area contributed by atoms with E-state index in [9.17, 15) is 9.59 Å². The number of nitrogens with two attached hydrogens (primary N) is 1. The van der Waals surface area contributed by atoms with Crippen molar-refractivity contribution >= 4 is 30.9 Å². The van der Waals surface area contributed by atoms with Gasteiger partial charge >= 0.3 is 19.2 Å². The highest BCUT2D eigenvalue weighted by Gasteiger charge is 2.52. The lowest BCUT2D eigenvalue weighted by atomic mass is 9.76. The lowest BCUT2D eigenvalue weighted by molar-refractivity contribution is 0.00578. The molecule has 1 aliphatic heterocycles. The topological polar surface area (TPSA) is 109 Å². The van der Waals surface area contributed by atoms with Crippen LogP contribution in [0.25, 0.3) is 6.08 Å². The van der Waals surface area contributed by atoms with Gasteiger partial charge < -0.3 is 29.8 Å². The minimum absolute atomic E-state index is 0.0908. The largest absolute Gasteiger partial charge is 0.492 e. The molecule has 3 rings (SSSR count). The van der Waals surface area contributed by atoms with Crippen LogP contribution in [0.2, 0.25) is 0 Å². The lowest BCUT2D eigenvalue weighted by Gasteiger charge is -2.32. The minimum atomic E-state index is -0.736. The second-order valence-electron chi connectivity index (χ2n) is 9.29. The van der Waals surface area contributed by atoms with Gasteiger partial charge in [0.2, 0.25) is 0 Å². The van der Waals surface area contributed by atoms with Crippen molar-refractivity contribution in [2.45, 2.75) is 52.4 Å². The molecule has 1 amide bonds. The number of alkyl carbamates (subject to hydrolysis) is 1. The Morgan fingerprint density at radius 3 is 2.31 bits per heavy atom. The number of hydrogen-bond donors (Lipinski definition) is 2. The van der Waals surface area contributed by atoms with Gasteiger partial charge in [-0.15, -0.1) is 0 Å². The van der Waals surface area contributed by atoms with Crippen LogP contribution >= 0.6 is 0 Å². The predicted molar refractivity (Wildman–Crippen MR) is 135 cm³/mol. The van der Waals surface area contributed by atoms with E-state index in [2.05, 4.69) is 5.32 Å². The van der Waals surface area contributed by atoms with Crippen molar-refractivity contribution in [2.24, 2.45) is 0 Å². The number of hydrogen-bond acceptors (Lipinski definition) is 7. The lowest BCUT2D eigenvalue weighted by Crippen LogP contribution is -2.41. The van der Waals surface area contributed by atoms with E-state index in [1.807, 2.05) is 58.0 Å². The third kappa shape index (κ3) is 6.64. The molecule has 0 aliphatic carbocycles. The van der Waals surface area contributed by atoms with E-state index in [0.717, 1.165) is 5.56 Å². The Kier molecular flexibility index (Phi) is 8.24. The molecule has 1 saturated heterocycles. The Hall–Kier alpha value is -3.30. The normalized spacial score (nSPS) is 16.6. The number of carbonyl (C=O) groups excluding carboxylic acids is 2. The van der Waals surface area contributed by atoms with Gasteiger partial charge in [0, 0.05) is 12.2 Å². The summed E-state index contributed by atoms with van der Waals surface area (Å²) in [5.41, 5.74) is 7.95. The molecule has 0 atom stereocenters. The number of ether oxygens (including phenoxy) is 2. The van der Waals surface area contributed by atoms with Crippen molar-refractivity contribution in [3.05, 3.63) is 70.7 Å². The van der Waals surface area contributed by atoms with Crippen LogP contribution in [0, 0.1) is 0 Å². The zero-order chi connectivity index (χ0) is 25.6. The number of esters is 1. The van der Waals surface area contributed by atoms with Crippen molar-refractivity contribution in [1.82, 2.24) is 5.32 Å². The van der Waals surface area contributed by atoms with Crippen molar-refractivity contribution in [2.75, 3.05) is 18.9 Å². The van der Waals surface area contributed by atoms with Crippen molar-refractivity contribution in [3.8, 4) is 0 Å². The first kappa shape index (κ1) is 26.3. The Morgan fingerprint density at radius 2 is 1.69 bits per heavy atom. The van der Waals surface area contributed by atoms with Gasteiger partial charge in [0.05, 0.1) is 23.4 Å². The van der Waals surface area contributed by atoms with Crippen molar-refractivity contribution in [1.29, 1.82) is 0 Å². The number of benzene rings is 2. The fourth-order valence-electron chi connectivity index (χ4n) is 3.39. The fourth-order valence-corrected chi connectivity index (χ4v) is 3.39. The average molecular weight is 480 g/mol. The maximum atomic E-state index is 12.4. The van der Waals surface area contributed by atoms with Crippen LogP contribution in [0.3, 0.4) is 0 Å². The Morgan fingerprint density at radius 1 is 1.03 bits per heavy atom. The summed E-state index contributed by atoms with van der Waals surface area (Å²) < 4.78 is 22.8. The molecule has 1 aliphatic rings. The summed E-state index contributed by atoms with van der Waals surface area (Å²) in [5, 5.41) is 2.76. The average Bonchev–Trinajstić information content (AvgIpc) is 3.03. The number of amides is 1. The molecular weight excluding hydrogens is 447 g/mol. The SMILES string of the molecule is CCOC(=O)c1ccc(N)c(C=C(CNC(=O)OCc2ccccc2)B2OC(C)(C)C(C)(C)O2)c1. The van der Waals surface area contributed by atoms with Crippen molar-refractivity contribution < 1.29 is 28.4 Å². The standard InChI is InChI=1S/C26H33BN2O6/c1-6-32-23(30)19-12-13-22(28)20(14-19)15-21(27-34-25(2,3)26(4,5)35-27)16-29-24(31)33-17-18-10-8-7-9-11-18/h7-15H,6,16-17,28H2,1-5H3,(H,29,31). The highest BCUT2D eigenvalue weighted by Crippen LogP contribution is 2.39. The molecule has 1 heterocycles. The number of nitrogen functional groups attached to an aromatic ring is 1. The monoisotopic (exact) mass is 480 g/mol. The molecule has 2 aromatic rings. The van der Waals surface area contributed by atoms with E-state index >= 15 is 0 Å². The molecule has 0 bridgehead atoms. The summed E-state index contributed by atoms with van der Waals surface area (Å²) in [6, 6.07) is 14.3.